The molecule has 0 aliphatic heterocycles. The van der Waals surface area contributed by atoms with E-state index in [1.54, 1.807) is 11.8 Å². The van der Waals surface area contributed by atoms with Crippen molar-refractivity contribution >= 4 is 35.0 Å². The molecule has 0 bridgehead atoms. The summed E-state index contributed by atoms with van der Waals surface area (Å²) in [4.78, 5) is 24.3. The zero-order chi connectivity index (χ0) is 20.7. The Labute approximate surface area is 172 Å². The summed E-state index contributed by atoms with van der Waals surface area (Å²) in [6, 6.07) is 10.2. The van der Waals surface area contributed by atoms with E-state index in [2.05, 4.69) is 29.7 Å². The summed E-state index contributed by atoms with van der Waals surface area (Å²) in [6.45, 7) is 10.1. The minimum atomic E-state index is -0.00550. The molecule has 0 radical (unpaired) electrons. The molecule has 2 aromatic rings. The second-order valence-electron chi connectivity index (χ2n) is 7.34. The van der Waals surface area contributed by atoms with Crippen LogP contribution < -0.4 is 10.6 Å². The van der Waals surface area contributed by atoms with Gasteiger partial charge in [-0.1, -0.05) is 29.8 Å². The number of benzene rings is 2. The molecule has 0 saturated carbocycles. The summed E-state index contributed by atoms with van der Waals surface area (Å²) in [7, 11) is 0. The fourth-order valence-electron chi connectivity index (χ4n) is 3.14. The fourth-order valence-corrected chi connectivity index (χ4v) is 3.89. The van der Waals surface area contributed by atoms with Gasteiger partial charge in [-0.05, 0) is 75.1 Å². The molecule has 0 heterocycles. The Morgan fingerprint density at radius 1 is 0.821 bits per heavy atom. The fraction of sp³-hybridized carbons (Fsp3) is 0.391. The van der Waals surface area contributed by atoms with E-state index < -0.39 is 0 Å². The standard InChI is InChI=1S/C23H30N2O2S/c1-15-8-9-17(3)20(13-15)24-22(27)14-28-10-6-7-21(26)25-23-18(4)11-16(2)12-19(23)5/h8-9,11-13H,6-7,10,14H2,1-5H3,(H,24,27)(H,25,26). The van der Waals surface area contributed by atoms with Crippen molar-refractivity contribution in [3.63, 3.8) is 0 Å². The predicted octanol–water partition coefficient (Wildman–Crippen LogP) is 5.32. The lowest BCUT2D eigenvalue weighted by atomic mass is 10.0. The second-order valence-corrected chi connectivity index (χ2v) is 8.45. The highest BCUT2D eigenvalue weighted by Crippen LogP contribution is 2.22. The molecular formula is C23H30N2O2S. The maximum absolute atomic E-state index is 12.2. The van der Waals surface area contributed by atoms with Crippen LogP contribution in [-0.4, -0.2) is 23.3 Å². The molecule has 0 aliphatic rings. The van der Waals surface area contributed by atoms with Crippen LogP contribution in [-0.2, 0) is 9.59 Å². The van der Waals surface area contributed by atoms with Crippen molar-refractivity contribution in [2.45, 2.75) is 47.5 Å². The molecule has 5 heteroatoms. The first-order valence-corrected chi connectivity index (χ1v) is 10.7. The Morgan fingerprint density at radius 3 is 2.18 bits per heavy atom. The summed E-state index contributed by atoms with van der Waals surface area (Å²) in [5.74, 6) is 1.19. The molecular weight excluding hydrogens is 368 g/mol. The molecule has 0 unspecified atom stereocenters. The lowest BCUT2D eigenvalue weighted by Gasteiger charge is -2.13. The number of hydrogen-bond acceptors (Lipinski definition) is 3. The molecule has 2 amide bonds. The Balaban J connectivity index is 1.69. The van der Waals surface area contributed by atoms with Gasteiger partial charge in [-0.15, -0.1) is 0 Å². The van der Waals surface area contributed by atoms with Crippen LogP contribution in [0.2, 0.25) is 0 Å². The number of carbonyl (C=O) groups is 2. The van der Waals surface area contributed by atoms with Crippen molar-refractivity contribution in [3.05, 3.63) is 58.1 Å². The van der Waals surface area contributed by atoms with Gasteiger partial charge in [-0.25, -0.2) is 0 Å². The molecule has 4 nitrogen and oxygen atoms in total. The highest BCUT2D eigenvalue weighted by molar-refractivity contribution is 7.99. The van der Waals surface area contributed by atoms with Crippen LogP contribution in [0.3, 0.4) is 0 Å². The molecule has 0 spiro atoms. The van der Waals surface area contributed by atoms with Gasteiger partial charge >= 0.3 is 0 Å². The molecule has 28 heavy (non-hydrogen) atoms. The first-order valence-electron chi connectivity index (χ1n) is 9.59. The van der Waals surface area contributed by atoms with Gasteiger partial charge in [-0.3, -0.25) is 9.59 Å². The van der Waals surface area contributed by atoms with Crippen LogP contribution in [0.1, 0.15) is 40.7 Å². The van der Waals surface area contributed by atoms with E-state index in [-0.39, 0.29) is 11.8 Å². The maximum atomic E-state index is 12.2. The number of rotatable bonds is 8. The molecule has 150 valence electrons. The first kappa shape index (κ1) is 22.0. The van der Waals surface area contributed by atoms with Crippen LogP contribution in [0.5, 0.6) is 0 Å². The van der Waals surface area contributed by atoms with Crippen molar-refractivity contribution in [1.82, 2.24) is 0 Å². The van der Waals surface area contributed by atoms with Crippen molar-refractivity contribution in [2.24, 2.45) is 0 Å². The number of anilines is 2. The van der Waals surface area contributed by atoms with Gasteiger partial charge in [0.15, 0.2) is 0 Å². The number of amides is 2. The average molecular weight is 399 g/mol. The van der Waals surface area contributed by atoms with E-state index in [1.807, 2.05) is 45.9 Å². The topological polar surface area (TPSA) is 58.2 Å². The quantitative estimate of drug-likeness (QED) is 0.592. The van der Waals surface area contributed by atoms with Gasteiger partial charge in [0.25, 0.3) is 0 Å². The Morgan fingerprint density at radius 2 is 1.50 bits per heavy atom. The van der Waals surface area contributed by atoms with E-state index in [1.165, 1.54) is 5.56 Å². The highest BCUT2D eigenvalue weighted by Gasteiger charge is 2.09. The average Bonchev–Trinajstić information content (AvgIpc) is 2.61. The molecule has 0 atom stereocenters. The SMILES string of the molecule is Cc1cc(C)c(NC(=O)CCCSCC(=O)Nc2cc(C)ccc2C)c(C)c1. The van der Waals surface area contributed by atoms with Gasteiger partial charge in [0.2, 0.25) is 11.8 Å². The summed E-state index contributed by atoms with van der Waals surface area (Å²) in [5, 5.41) is 5.98. The minimum Gasteiger partial charge on any atom is -0.326 e. The van der Waals surface area contributed by atoms with Crippen LogP contribution >= 0.6 is 11.8 Å². The number of carbonyl (C=O) groups excluding carboxylic acids is 2. The summed E-state index contributed by atoms with van der Waals surface area (Å²) >= 11 is 1.56. The summed E-state index contributed by atoms with van der Waals surface area (Å²) < 4.78 is 0. The predicted molar refractivity (Wildman–Crippen MR) is 120 cm³/mol. The van der Waals surface area contributed by atoms with Gasteiger partial charge < -0.3 is 10.6 Å². The van der Waals surface area contributed by atoms with Crippen molar-refractivity contribution in [1.29, 1.82) is 0 Å². The van der Waals surface area contributed by atoms with E-state index >= 15 is 0 Å². The smallest absolute Gasteiger partial charge is 0.234 e. The molecule has 0 aromatic heterocycles. The maximum Gasteiger partial charge on any atom is 0.234 e. The Hall–Kier alpha value is -2.27. The largest absolute Gasteiger partial charge is 0.326 e. The van der Waals surface area contributed by atoms with Crippen LogP contribution in [0.15, 0.2) is 30.3 Å². The van der Waals surface area contributed by atoms with Gasteiger partial charge in [0.05, 0.1) is 5.75 Å². The summed E-state index contributed by atoms with van der Waals surface area (Å²) in [5.41, 5.74) is 7.33. The third-order valence-electron chi connectivity index (χ3n) is 4.53. The van der Waals surface area contributed by atoms with Crippen molar-refractivity contribution in [2.75, 3.05) is 22.1 Å². The van der Waals surface area contributed by atoms with E-state index in [0.717, 1.165) is 45.8 Å². The lowest BCUT2D eigenvalue weighted by molar-refractivity contribution is -0.116. The van der Waals surface area contributed by atoms with E-state index in [9.17, 15) is 9.59 Å². The zero-order valence-electron chi connectivity index (χ0n) is 17.4. The van der Waals surface area contributed by atoms with Crippen LogP contribution in [0.25, 0.3) is 0 Å². The molecule has 0 saturated heterocycles. The van der Waals surface area contributed by atoms with Crippen molar-refractivity contribution < 1.29 is 9.59 Å². The van der Waals surface area contributed by atoms with Crippen molar-refractivity contribution in [3.8, 4) is 0 Å². The Bertz CT molecular complexity index is 839. The normalized spacial score (nSPS) is 10.6. The van der Waals surface area contributed by atoms with E-state index in [4.69, 9.17) is 0 Å². The summed E-state index contributed by atoms with van der Waals surface area (Å²) in [6.07, 6.45) is 1.20. The second kappa shape index (κ2) is 10.3. The Kier molecular flexibility index (Phi) is 8.12. The van der Waals surface area contributed by atoms with Crippen LogP contribution in [0.4, 0.5) is 11.4 Å². The number of hydrogen-bond donors (Lipinski definition) is 2. The highest BCUT2D eigenvalue weighted by atomic mass is 32.2. The first-order chi connectivity index (χ1) is 13.3. The molecule has 0 aliphatic carbocycles. The van der Waals surface area contributed by atoms with Gasteiger partial charge in [0, 0.05) is 17.8 Å². The number of nitrogens with one attached hydrogen (secondary N) is 2. The number of aryl methyl sites for hydroxylation is 5. The third kappa shape index (κ3) is 6.71. The van der Waals surface area contributed by atoms with Crippen LogP contribution in [0, 0.1) is 34.6 Å². The number of thioether (sulfide) groups is 1. The molecule has 2 N–H and O–H groups in total. The zero-order valence-corrected chi connectivity index (χ0v) is 18.3. The molecule has 0 fully saturated rings. The lowest BCUT2D eigenvalue weighted by Crippen LogP contribution is -2.16. The molecule has 2 aromatic carbocycles. The van der Waals surface area contributed by atoms with E-state index in [0.29, 0.717) is 12.2 Å². The van der Waals surface area contributed by atoms with Gasteiger partial charge in [-0.2, -0.15) is 11.8 Å². The van der Waals surface area contributed by atoms with Gasteiger partial charge in [0.1, 0.15) is 0 Å². The molecule has 2 rings (SSSR count). The minimum absolute atomic E-state index is 0.00550. The monoisotopic (exact) mass is 398 g/mol. The third-order valence-corrected chi connectivity index (χ3v) is 5.58.